The molecule has 140 valence electrons. The summed E-state index contributed by atoms with van der Waals surface area (Å²) in [6.07, 6.45) is 0. The summed E-state index contributed by atoms with van der Waals surface area (Å²) < 4.78 is 28.2. The van der Waals surface area contributed by atoms with E-state index >= 15 is 0 Å². The first-order chi connectivity index (χ1) is 12.0. The molecule has 2 rings (SSSR count). The van der Waals surface area contributed by atoms with E-state index in [0.717, 1.165) is 5.56 Å². The highest BCUT2D eigenvalue weighted by Crippen LogP contribution is 2.25. The van der Waals surface area contributed by atoms with Gasteiger partial charge in [0, 0.05) is 28.4 Å². The van der Waals surface area contributed by atoms with Crippen LogP contribution in [0.5, 0.6) is 5.75 Å². The van der Waals surface area contributed by atoms with E-state index in [1.54, 1.807) is 12.1 Å². The molecule has 0 aliphatic carbocycles. The molecule has 0 atom stereocenters. The van der Waals surface area contributed by atoms with Crippen molar-refractivity contribution in [2.24, 2.45) is 0 Å². The van der Waals surface area contributed by atoms with Gasteiger partial charge in [-0.3, -0.25) is 4.79 Å². The van der Waals surface area contributed by atoms with E-state index in [2.05, 4.69) is 26.1 Å². The SMILES string of the molecule is COc1ccc(S(=O)(=O)Cl)cc1CNC(=O)c1ccc(C(C)(C)C)cc1. The summed E-state index contributed by atoms with van der Waals surface area (Å²) in [5, 5.41) is 2.77. The minimum Gasteiger partial charge on any atom is -0.496 e. The minimum absolute atomic E-state index is 0.00979. The second kappa shape index (κ2) is 7.68. The van der Waals surface area contributed by atoms with Crippen LogP contribution in [0.4, 0.5) is 0 Å². The number of carbonyl (C=O) groups excluding carboxylic acids is 1. The molecule has 0 aromatic heterocycles. The summed E-state index contributed by atoms with van der Waals surface area (Å²) in [4.78, 5) is 12.3. The molecule has 2 aromatic rings. The molecule has 0 saturated heterocycles. The number of halogens is 1. The highest BCUT2D eigenvalue weighted by Gasteiger charge is 2.16. The van der Waals surface area contributed by atoms with Gasteiger partial charge in [0.2, 0.25) is 0 Å². The molecule has 0 aliphatic heterocycles. The first kappa shape index (κ1) is 20.3. The summed E-state index contributed by atoms with van der Waals surface area (Å²) in [6, 6.07) is 11.7. The standard InChI is InChI=1S/C19H22ClNO4S/c1-19(2,3)15-7-5-13(6-8-15)18(22)21-12-14-11-16(26(20,23)24)9-10-17(14)25-4/h5-11H,12H2,1-4H3,(H,21,22). The molecule has 0 aliphatic rings. The number of hydrogen-bond acceptors (Lipinski definition) is 4. The van der Waals surface area contributed by atoms with Gasteiger partial charge in [-0.1, -0.05) is 32.9 Å². The molecule has 2 aromatic carbocycles. The Kier molecular flexibility index (Phi) is 5.98. The van der Waals surface area contributed by atoms with E-state index in [9.17, 15) is 13.2 Å². The quantitative estimate of drug-likeness (QED) is 0.780. The third kappa shape index (κ3) is 4.99. The predicted octanol–water partition coefficient (Wildman–Crippen LogP) is 3.85. The van der Waals surface area contributed by atoms with Gasteiger partial charge in [0.15, 0.2) is 0 Å². The molecule has 5 nitrogen and oxygen atoms in total. The monoisotopic (exact) mass is 395 g/mol. The Bertz CT molecular complexity index is 900. The zero-order chi connectivity index (χ0) is 19.5. The number of hydrogen-bond donors (Lipinski definition) is 1. The van der Waals surface area contributed by atoms with Crippen LogP contribution in [-0.4, -0.2) is 21.4 Å². The van der Waals surface area contributed by atoms with E-state index in [4.69, 9.17) is 15.4 Å². The van der Waals surface area contributed by atoms with Crippen molar-refractivity contribution in [1.29, 1.82) is 0 Å². The fraction of sp³-hybridized carbons (Fsp3) is 0.316. The Labute approximate surface area is 158 Å². The van der Waals surface area contributed by atoms with Crippen LogP contribution in [0.25, 0.3) is 0 Å². The fourth-order valence-corrected chi connectivity index (χ4v) is 3.25. The Morgan fingerprint density at radius 2 is 1.73 bits per heavy atom. The van der Waals surface area contributed by atoms with Crippen LogP contribution >= 0.6 is 10.7 Å². The van der Waals surface area contributed by atoms with Gasteiger partial charge >= 0.3 is 0 Å². The van der Waals surface area contributed by atoms with Crippen molar-refractivity contribution in [3.63, 3.8) is 0 Å². The summed E-state index contributed by atoms with van der Waals surface area (Å²) in [6.45, 7) is 6.42. The molecule has 1 amide bonds. The van der Waals surface area contributed by atoms with Gasteiger partial charge in [-0.2, -0.15) is 0 Å². The van der Waals surface area contributed by atoms with Crippen molar-refractivity contribution in [3.05, 3.63) is 59.2 Å². The lowest BCUT2D eigenvalue weighted by Gasteiger charge is -2.19. The molecular formula is C19H22ClNO4S. The number of benzene rings is 2. The number of rotatable bonds is 5. The summed E-state index contributed by atoms with van der Waals surface area (Å²) >= 11 is 0. The Morgan fingerprint density at radius 1 is 1.12 bits per heavy atom. The third-order valence-corrected chi connectivity index (χ3v) is 5.34. The molecule has 0 saturated carbocycles. The predicted molar refractivity (Wildman–Crippen MR) is 102 cm³/mol. The molecule has 0 unspecified atom stereocenters. The molecular weight excluding hydrogens is 374 g/mol. The van der Waals surface area contributed by atoms with Crippen molar-refractivity contribution in [2.45, 2.75) is 37.6 Å². The largest absolute Gasteiger partial charge is 0.496 e. The molecule has 0 fully saturated rings. The smallest absolute Gasteiger partial charge is 0.261 e. The topological polar surface area (TPSA) is 72.5 Å². The third-order valence-electron chi connectivity index (χ3n) is 3.99. The van der Waals surface area contributed by atoms with Crippen LogP contribution in [0.15, 0.2) is 47.4 Å². The highest BCUT2D eigenvalue weighted by molar-refractivity contribution is 8.13. The molecule has 7 heteroatoms. The minimum atomic E-state index is -3.86. The maximum Gasteiger partial charge on any atom is 0.261 e. The lowest BCUT2D eigenvalue weighted by Crippen LogP contribution is -2.23. The first-order valence-corrected chi connectivity index (χ1v) is 10.3. The Balaban J connectivity index is 2.16. The Hall–Kier alpha value is -2.05. The average molecular weight is 396 g/mol. The zero-order valence-corrected chi connectivity index (χ0v) is 16.7. The molecule has 0 bridgehead atoms. The van der Waals surface area contributed by atoms with Gasteiger partial charge in [-0.25, -0.2) is 8.42 Å². The van der Waals surface area contributed by atoms with Gasteiger partial charge in [-0.15, -0.1) is 0 Å². The van der Waals surface area contributed by atoms with Crippen molar-refractivity contribution >= 4 is 25.6 Å². The van der Waals surface area contributed by atoms with E-state index in [0.29, 0.717) is 16.9 Å². The van der Waals surface area contributed by atoms with Crippen molar-refractivity contribution in [2.75, 3.05) is 7.11 Å². The van der Waals surface area contributed by atoms with Crippen LogP contribution in [0.3, 0.4) is 0 Å². The maximum absolute atomic E-state index is 12.4. The summed E-state index contributed by atoms with van der Waals surface area (Å²) in [5.41, 5.74) is 2.19. The average Bonchev–Trinajstić information content (AvgIpc) is 2.58. The normalized spacial score (nSPS) is 11.9. The van der Waals surface area contributed by atoms with Gasteiger partial charge in [-0.05, 0) is 41.3 Å². The van der Waals surface area contributed by atoms with E-state index in [-0.39, 0.29) is 22.8 Å². The molecule has 0 heterocycles. The summed E-state index contributed by atoms with van der Waals surface area (Å²) in [5.74, 6) is 0.212. The van der Waals surface area contributed by atoms with E-state index < -0.39 is 9.05 Å². The van der Waals surface area contributed by atoms with Crippen molar-refractivity contribution in [1.82, 2.24) is 5.32 Å². The van der Waals surface area contributed by atoms with E-state index in [1.807, 2.05) is 12.1 Å². The van der Waals surface area contributed by atoms with Gasteiger partial charge in [0.05, 0.1) is 12.0 Å². The van der Waals surface area contributed by atoms with Crippen LogP contribution in [0, 0.1) is 0 Å². The fourth-order valence-electron chi connectivity index (χ4n) is 2.44. The van der Waals surface area contributed by atoms with Crippen LogP contribution in [0.2, 0.25) is 0 Å². The zero-order valence-electron chi connectivity index (χ0n) is 15.2. The number of amides is 1. The van der Waals surface area contributed by atoms with Crippen LogP contribution in [-0.2, 0) is 21.0 Å². The van der Waals surface area contributed by atoms with Gasteiger partial charge in [0.25, 0.3) is 15.0 Å². The number of methoxy groups -OCH3 is 1. The molecule has 0 spiro atoms. The van der Waals surface area contributed by atoms with Gasteiger partial charge in [0.1, 0.15) is 5.75 Å². The number of nitrogens with one attached hydrogen (secondary N) is 1. The molecule has 26 heavy (non-hydrogen) atoms. The van der Waals surface area contributed by atoms with Crippen molar-refractivity contribution < 1.29 is 17.9 Å². The summed E-state index contributed by atoms with van der Waals surface area (Å²) in [7, 11) is 3.00. The second-order valence-electron chi connectivity index (χ2n) is 6.92. The first-order valence-electron chi connectivity index (χ1n) is 8.02. The number of carbonyl (C=O) groups is 1. The lowest BCUT2D eigenvalue weighted by atomic mass is 9.87. The Morgan fingerprint density at radius 3 is 2.23 bits per heavy atom. The van der Waals surface area contributed by atoms with Crippen LogP contribution in [0.1, 0.15) is 42.3 Å². The second-order valence-corrected chi connectivity index (χ2v) is 9.49. The number of ether oxygens (including phenoxy) is 1. The lowest BCUT2D eigenvalue weighted by molar-refractivity contribution is 0.0950. The highest BCUT2D eigenvalue weighted by atomic mass is 35.7. The van der Waals surface area contributed by atoms with Gasteiger partial charge < -0.3 is 10.1 Å². The molecule has 1 N–H and O–H groups in total. The molecule has 0 radical (unpaired) electrons. The van der Waals surface area contributed by atoms with Crippen molar-refractivity contribution in [3.8, 4) is 5.75 Å². The maximum atomic E-state index is 12.4. The van der Waals surface area contributed by atoms with E-state index in [1.165, 1.54) is 25.3 Å². The van der Waals surface area contributed by atoms with Crippen LogP contribution < -0.4 is 10.1 Å².